The highest BCUT2D eigenvalue weighted by atomic mass is 35.5. The van der Waals surface area contributed by atoms with Crippen molar-refractivity contribution in [2.24, 2.45) is 0 Å². The van der Waals surface area contributed by atoms with E-state index in [-0.39, 0.29) is 10.6 Å². The number of halogens is 1. The molecular formula is C14H10ClN3O2. The molecule has 1 aromatic carbocycles. The van der Waals surface area contributed by atoms with Gasteiger partial charge >= 0.3 is 5.97 Å². The number of rotatable bonds is 4. The summed E-state index contributed by atoms with van der Waals surface area (Å²) in [5.41, 5.74) is 1.51. The van der Waals surface area contributed by atoms with Crippen molar-refractivity contribution in [2.75, 3.05) is 5.32 Å². The first-order valence-electron chi connectivity index (χ1n) is 5.72. The molecule has 0 spiro atoms. The number of carboxylic acids is 1. The number of hydrogen-bond acceptors (Lipinski definition) is 4. The summed E-state index contributed by atoms with van der Waals surface area (Å²) >= 11 is 5.96. The van der Waals surface area contributed by atoms with Crippen LogP contribution in [0.25, 0.3) is 0 Å². The van der Waals surface area contributed by atoms with E-state index < -0.39 is 5.97 Å². The summed E-state index contributed by atoms with van der Waals surface area (Å²) in [6, 6.07) is 10.5. The number of nitriles is 1. The number of pyridine rings is 1. The summed E-state index contributed by atoms with van der Waals surface area (Å²) < 4.78 is 0. The number of nitrogens with one attached hydrogen (secondary N) is 1. The Morgan fingerprint density at radius 2 is 2.25 bits per heavy atom. The van der Waals surface area contributed by atoms with Crippen molar-refractivity contribution in [3.8, 4) is 6.07 Å². The topological polar surface area (TPSA) is 86.0 Å². The first kappa shape index (κ1) is 13.8. The largest absolute Gasteiger partial charge is 0.478 e. The van der Waals surface area contributed by atoms with Crippen LogP contribution in [0.1, 0.15) is 21.5 Å². The Hall–Kier alpha value is -2.58. The summed E-state index contributed by atoms with van der Waals surface area (Å²) in [6.07, 6.45) is 1.24. The Morgan fingerprint density at radius 1 is 1.45 bits per heavy atom. The van der Waals surface area contributed by atoms with Gasteiger partial charge in [0, 0.05) is 12.7 Å². The SMILES string of the molecule is N#Cc1cccc(CNc2ncc(C(=O)O)cc2Cl)c1. The molecule has 0 saturated heterocycles. The van der Waals surface area contributed by atoms with Crippen LogP contribution in [-0.4, -0.2) is 16.1 Å². The number of carbonyl (C=O) groups is 1. The zero-order valence-electron chi connectivity index (χ0n) is 10.3. The maximum atomic E-state index is 10.8. The van der Waals surface area contributed by atoms with Crippen LogP contribution in [0.2, 0.25) is 5.02 Å². The lowest BCUT2D eigenvalue weighted by Crippen LogP contribution is -2.04. The number of hydrogen-bond donors (Lipinski definition) is 2. The van der Waals surface area contributed by atoms with E-state index >= 15 is 0 Å². The Labute approximate surface area is 120 Å². The minimum absolute atomic E-state index is 0.0343. The molecular weight excluding hydrogens is 278 g/mol. The molecule has 5 nitrogen and oxygen atoms in total. The van der Waals surface area contributed by atoms with Crippen LogP contribution in [0.15, 0.2) is 36.5 Å². The summed E-state index contributed by atoms with van der Waals surface area (Å²) in [7, 11) is 0. The van der Waals surface area contributed by atoms with Crippen LogP contribution in [0.3, 0.4) is 0 Å². The van der Waals surface area contributed by atoms with Crippen molar-refractivity contribution in [2.45, 2.75) is 6.54 Å². The molecule has 0 radical (unpaired) electrons. The first-order valence-corrected chi connectivity index (χ1v) is 6.09. The maximum Gasteiger partial charge on any atom is 0.337 e. The van der Waals surface area contributed by atoms with Gasteiger partial charge in [-0.05, 0) is 23.8 Å². The second-order valence-corrected chi connectivity index (χ2v) is 4.43. The van der Waals surface area contributed by atoms with E-state index in [4.69, 9.17) is 22.0 Å². The number of nitrogens with zero attached hydrogens (tertiary/aromatic N) is 2. The van der Waals surface area contributed by atoms with Gasteiger partial charge in [0.15, 0.2) is 0 Å². The van der Waals surface area contributed by atoms with Crippen molar-refractivity contribution in [1.29, 1.82) is 5.26 Å². The van der Waals surface area contributed by atoms with E-state index in [0.717, 1.165) is 5.56 Å². The lowest BCUT2D eigenvalue weighted by atomic mass is 10.1. The van der Waals surface area contributed by atoms with E-state index in [2.05, 4.69) is 16.4 Å². The summed E-state index contributed by atoms with van der Waals surface area (Å²) in [5.74, 6) is -0.674. The molecule has 20 heavy (non-hydrogen) atoms. The number of benzene rings is 1. The molecule has 0 unspecified atom stereocenters. The average molecular weight is 288 g/mol. The van der Waals surface area contributed by atoms with Crippen molar-refractivity contribution in [1.82, 2.24) is 4.98 Å². The van der Waals surface area contributed by atoms with Crippen molar-refractivity contribution in [3.63, 3.8) is 0 Å². The molecule has 0 aliphatic rings. The lowest BCUT2D eigenvalue weighted by molar-refractivity contribution is 0.0696. The third kappa shape index (κ3) is 3.25. The van der Waals surface area contributed by atoms with Gasteiger partial charge in [-0.1, -0.05) is 23.7 Å². The Bertz CT molecular complexity index is 695. The normalized spacial score (nSPS) is 9.80. The fourth-order valence-electron chi connectivity index (χ4n) is 1.62. The van der Waals surface area contributed by atoms with Gasteiger partial charge in [0.05, 0.1) is 22.2 Å². The third-order valence-corrected chi connectivity index (χ3v) is 2.89. The van der Waals surface area contributed by atoms with Crippen molar-refractivity contribution < 1.29 is 9.90 Å². The van der Waals surface area contributed by atoms with Gasteiger partial charge in [0.2, 0.25) is 0 Å². The fourth-order valence-corrected chi connectivity index (χ4v) is 1.85. The molecule has 0 amide bonds. The molecule has 0 saturated carbocycles. The molecule has 0 aliphatic heterocycles. The van der Waals surface area contributed by atoms with Crippen LogP contribution < -0.4 is 5.32 Å². The van der Waals surface area contributed by atoms with Gasteiger partial charge in [0.25, 0.3) is 0 Å². The van der Waals surface area contributed by atoms with E-state index in [0.29, 0.717) is 17.9 Å². The smallest absolute Gasteiger partial charge is 0.337 e. The molecule has 1 aromatic heterocycles. The predicted molar refractivity (Wildman–Crippen MR) is 74.7 cm³/mol. The molecule has 2 N–H and O–H groups in total. The van der Waals surface area contributed by atoms with E-state index in [1.54, 1.807) is 18.2 Å². The third-order valence-electron chi connectivity index (χ3n) is 2.60. The zero-order chi connectivity index (χ0) is 14.5. The molecule has 0 aliphatic carbocycles. The Balaban J connectivity index is 2.11. The van der Waals surface area contributed by atoms with Crippen molar-refractivity contribution >= 4 is 23.4 Å². The summed E-state index contributed by atoms with van der Waals surface area (Å²) in [6.45, 7) is 0.439. The Kier molecular flexibility index (Phi) is 4.18. The van der Waals surface area contributed by atoms with Crippen molar-refractivity contribution in [3.05, 3.63) is 58.2 Å². The van der Waals surface area contributed by atoms with Crippen LogP contribution >= 0.6 is 11.6 Å². The number of carboxylic acid groups (broad SMARTS) is 1. The monoisotopic (exact) mass is 287 g/mol. The molecule has 2 rings (SSSR count). The highest BCUT2D eigenvalue weighted by Crippen LogP contribution is 2.20. The first-order chi connectivity index (χ1) is 9.60. The maximum absolute atomic E-state index is 10.8. The molecule has 6 heteroatoms. The van der Waals surface area contributed by atoms with Crippen LogP contribution in [0.5, 0.6) is 0 Å². The summed E-state index contributed by atoms with van der Waals surface area (Å²) in [4.78, 5) is 14.7. The highest BCUT2D eigenvalue weighted by Gasteiger charge is 2.08. The quantitative estimate of drug-likeness (QED) is 0.903. The Morgan fingerprint density at radius 3 is 2.90 bits per heavy atom. The van der Waals surface area contributed by atoms with Gasteiger partial charge in [0.1, 0.15) is 5.82 Å². The van der Waals surface area contributed by atoms with Gasteiger partial charge in [-0.15, -0.1) is 0 Å². The molecule has 0 bridgehead atoms. The van der Waals surface area contributed by atoms with E-state index in [1.165, 1.54) is 12.3 Å². The number of anilines is 1. The number of aromatic nitrogens is 1. The van der Waals surface area contributed by atoms with Gasteiger partial charge < -0.3 is 10.4 Å². The molecule has 2 aromatic rings. The molecule has 1 heterocycles. The summed E-state index contributed by atoms with van der Waals surface area (Å²) in [5, 5.41) is 20.9. The molecule has 0 fully saturated rings. The second kappa shape index (κ2) is 6.04. The van der Waals surface area contributed by atoms with Crippen LogP contribution in [-0.2, 0) is 6.54 Å². The second-order valence-electron chi connectivity index (χ2n) is 4.03. The minimum Gasteiger partial charge on any atom is -0.478 e. The highest BCUT2D eigenvalue weighted by molar-refractivity contribution is 6.33. The van der Waals surface area contributed by atoms with Gasteiger partial charge in [-0.25, -0.2) is 9.78 Å². The predicted octanol–water partition coefficient (Wildman–Crippen LogP) is 2.92. The fraction of sp³-hybridized carbons (Fsp3) is 0.0714. The van der Waals surface area contributed by atoms with E-state index in [1.807, 2.05) is 6.07 Å². The zero-order valence-corrected chi connectivity index (χ0v) is 11.1. The molecule has 100 valence electrons. The van der Waals surface area contributed by atoms with Gasteiger partial charge in [-0.2, -0.15) is 5.26 Å². The average Bonchev–Trinajstić information content (AvgIpc) is 2.46. The standard InChI is InChI=1S/C14H10ClN3O2/c15-12-5-11(14(19)20)8-18-13(12)17-7-10-3-1-2-9(4-10)6-16/h1-5,8H,7H2,(H,17,18)(H,19,20). The minimum atomic E-state index is -1.08. The molecule has 0 atom stereocenters. The van der Waals surface area contributed by atoms with Crippen LogP contribution in [0, 0.1) is 11.3 Å². The number of aromatic carboxylic acids is 1. The van der Waals surface area contributed by atoms with Gasteiger partial charge in [-0.3, -0.25) is 0 Å². The van der Waals surface area contributed by atoms with E-state index in [9.17, 15) is 4.79 Å². The van der Waals surface area contributed by atoms with Crippen LogP contribution in [0.4, 0.5) is 5.82 Å². The lowest BCUT2D eigenvalue weighted by Gasteiger charge is -2.08.